The summed E-state index contributed by atoms with van der Waals surface area (Å²) in [5, 5.41) is 2.84. The minimum absolute atomic E-state index is 0.138. The minimum atomic E-state index is 0.138. The van der Waals surface area contributed by atoms with E-state index in [2.05, 4.69) is 44.1 Å². The van der Waals surface area contributed by atoms with Crippen molar-refractivity contribution in [2.75, 3.05) is 13.1 Å². The van der Waals surface area contributed by atoms with Gasteiger partial charge in [-0.3, -0.25) is 9.69 Å². The Hall–Kier alpha value is -2.08. The van der Waals surface area contributed by atoms with E-state index in [-0.39, 0.29) is 11.9 Å². The van der Waals surface area contributed by atoms with Gasteiger partial charge in [-0.05, 0) is 41.3 Å². The number of nitrogens with zero attached hydrogens (tertiary/aromatic N) is 3. The molecular weight excluding hydrogens is 378 g/mol. The van der Waals surface area contributed by atoms with Crippen molar-refractivity contribution in [2.45, 2.75) is 25.2 Å². The lowest BCUT2D eigenvalue weighted by Gasteiger charge is -2.38. The van der Waals surface area contributed by atoms with E-state index >= 15 is 0 Å². The molecule has 6 heteroatoms. The Morgan fingerprint density at radius 3 is 2.74 bits per heavy atom. The van der Waals surface area contributed by atoms with Crippen LogP contribution in [0.1, 0.15) is 27.0 Å². The lowest BCUT2D eigenvalue weighted by Crippen LogP contribution is -2.49. The van der Waals surface area contributed by atoms with Gasteiger partial charge in [0.15, 0.2) is 0 Å². The molecule has 2 aliphatic heterocycles. The van der Waals surface area contributed by atoms with Crippen LogP contribution in [-0.2, 0) is 13.1 Å². The lowest BCUT2D eigenvalue weighted by atomic mass is 10.1. The number of thiophene rings is 1. The van der Waals surface area contributed by atoms with E-state index in [1.807, 2.05) is 30.3 Å². The van der Waals surface area contributed by atoms with Gasteiger partial charge in [0.25, 0.3) is 5.91 Å². The molecular formula is C21H20ClN3OS. The third-order valence-electron chi connectivity index (χ3n) is 5.55. The highest BCUT2D eigenvalue weighted by Crippen LogP contribution is 2.35. The maximum absolute atomic E-state index is 13.1. The van der Waals surface area contributed by atoms with E-state index in [1.165, 1.54) is 10.4 Å². The molecule has 138 valence electrons. The second kappa shape index (κ2) is 6.82. The van der Waals surface area contributed by atoms with Gasteiger partial charge < -0.3 is 9.47 Å². The van der Waals surface area contributed by atoms with Crippen molar-refractivity contribution in [2.24, 2.45) is 0 Å². The number of amides is 1. The highest BCUT2D eigenvalue weighted by Gasteiger charge is 2.44. The Labute approximate surface area is 167 Å². The van der Waals surface area contributed by atoms with Gasteiger partial charge in [-0.2, -0.15) is 0 Å². The summed E-state index contributed by atoms with van der Waals surface area (Å²) in [4.78, 5) is 18.9. The Balaban J connectivity index is 1.43. The molecule has 0 unspecified atom stereocenters. The standard InChI is InChI=1S/C21H20ClN3OS/c22-16-5-1-4-15(10-16)11-23-13-19-20(14-23)25(12-17-6-3-9-27-17)21(26)18-7-2-8-24(18)19/h1-10,19-20H,11-14H2/t19-,20-/m1/s1. The summed E-state index contributed by atoms with van der Waals surface area (Å²) in [7, 11) is 0. The highest BCUT2D eigenvalue weighted by atomic mass is 35.5. The summed E-state index contributed by atoms with van der Waals surface area (Å²) in [6.07, 6.45) is 2.05. The number of carbonyl (C=O) groups excluding carboxylic acids is 1. The monoisotopic (exact) mass is 397 g/mol. The van der Waals surface area contributed by atoms with E-state index < -0.39 is 0 Å². The third kappa shape index (κ3) is 3.10. The van der Waals surface area contributed by atoms with Crippen LogP contribution >= 0.6 is 22.9 Å². The molecule has 1 aromatic carbocycles. The molecule has 1 amide bonds. The van der Waals surface area contributed by atoms with Crippen molar-refractivity contribution in [1.82, 2.24) is 14.4 Å². The number of halogens is 1. The maximum Gasteiger partial charge on any atom is 0.271 e. The zero-order valence-corrected chi connectivity index (χ0v) is 16.4. The second-order valence-corrected chi connectivity index (χ2v) is 8.74. The maximum atomic E-state index is 13.1. The Morgan fingerprint density at radius 1 is 1.04 bits per heavy atom. The molecule has 0 aliphatic carbocycles. The number of benzene rings is 1. The predicted octanol–water partition coefficient (Wildman–Crippen LogP) is 4.28. The lowest BCUT2D eigenvalue weighted by molar-refractivity contribution is 0.0559. The second-order valence-electron chi connectivity index (χ2n) is 7.27. The Morgan fingerprint density at radius 2 is 1.93 bits per heavy atom. The van der Waals surface area contributed by atoms with Crippen LogP contribution in [0.15, 0.2) is 60.1 Å². The number of fused-ring (bicyclic) bond motifs is 3. The molecule has 5 rings (SSSR count). The number of likely N-dealkylation sites (tertiary alicyclic amines) is 1. The quantitative estimate of drug-likeness (QED) is 0.657. The number of hydrogen-bond donors (Lipinski definition) is 0. The largest absolute Gasteiger partial charge is 0.337 e. The predicted molar refractivity (Wildman–Crippen MR) is 108 cm³/mol. The van der Waals surface area contributed by atoms with Crippen LogP contribution in [0.5, 0.6) is 0 Å². The van der Waals surface area contributed by atoms with Gasteiger partial charge in [0.1, 0.15) is 5.69 Å². The average molecular weight is 398 g/mol. The molecule has 2 atom stereocenters. The van der Waals surface area contributed by atoms with Crippen molar-refractivity contribution < 1.29 is 4.79 Å². The number of hydrogen-bond acceptors (Lipinski definition) is 3. The SMILES string of the molecule is O=C1c2cccn2[C@@H]2CN(Cc3cccc(Cl)c3)C[C@H]2N1Cc1cccs1. The molecule has 2 aliphatic rings. The average Bonchev–Trinajstić information content (AvgIpc) is 3.38. The smallest absolute Gasteiger partial charge is 0.271 e. The summed E-state index contributed by atoms with van der Waals surface area (Å²) in [6, 6.07) is 16.6. The third-order valence-corrected chi connectivity index (χ3v) is 6.65. The molecule has 2 aromatic heterocycles. The zero-order valence-electron chi connectivity index (χ0n) is 14.8. The first-order valence-corrected chi connectivity index (χ1v) is 10.4. The van der Waals surface area contributed by atoms with Crippen LogP contribution in [-0.4, -0.2) is 39.4 Å². The fraction of sp³-hybridized carbons (Fsp3) is 0.286. The molecule has 0 N–H and O–H groups in total. The molecule has 0 saturated carbocycles. The van der Waals surface area contributed by atoms with Gasteiger partial charge in [-0.1, -0.05) is 29.8 Å². The first-order valence-electron chi connectivity index (χ1n) is 9.16. The van der Waals surface area contributed by atoms with Gasteiger partial charge in [-0.15, -0.1) is 11.3 Å². The van der Waals surface area contributed by atoms with Crippen LogP contribution in [0.4, 0.5) is 0 Å². The van der Waals surface area contributed by atoms with Crippen LogP contribution in [0, 0.1) is 0 Å². The van der Waals surface area contributed by atoms with Crippen LogP contribution < -0.4 is 0 Å². The molecule has 4 nitrogen and oxygen atoms in total. The summed E-state index contributed by atoms with van der Waals surface area (Å²) in [6.45, 7) is 3.36. The van der Waals surface area contributed by atoms with Gasteiger partial charge in [-0.25, -0.2) is 0 Å². The fourth-order valence-corrected chi connectivity index (χ4v) is 5.29. The Bertz CT molecular complexity index is 967. The van der Waals surface area contributed by atoms with Gasteiger partial charge in [0.05, 0.1) is 18.6 Å². The van der Waals surface area contributed by atoms with Crippen molar-refractivity contribution in [3.05, 3.63) is 81.3 Å². The van der Waals surface area contributed by atoms with E-state index in [0.717, 1.165) is 30.4 Å². The van der Waals surface area contributed by atoms with Crippen LogP contribution in [0.2, 0.25) is 5.02 Å². The van der Waals surface area contributed by atoms with Crippen molar-refractivity contribution in [1.29, 1.82) is 0 Å². The highest BCUT2D eigenvalue weighted by molar-refractivity contribution is 7.09. The summed E-state index contributed by atoms with van der Waals surface area (Å²) in [5.41, 5.74) is 2.02. The van der Waals surface area contributed by atoms with E-state index in [1.54, 1.807) is 11.3 Å². The molecule has 0 bridgehead atoms. The molecule has 0 radical (unpaired) electrons. The van der Waals surface area contributed by atoms with Gasteiger partial charge in [0.2, 0.25) is 0 Å². The van der Waals surface area contributed by atoms with Gasteiger partial charge in [0, 0.05) is 35.7 Å². The van der Waals surface area contributed by atoms with Crippen LogP contribution in [0.25, 0.3) is 0 Å². The van der Waals surface area contributed by atoms with E-state index in [0.29, 0.717) is 12.6 Å². The summed E-state index contributed by atoms with van der Waals surface area (Å²) < 4.78 is 2.18. The molecule has 1 fully saturated rings. The van der Waals surface area contributed by atoms with Crippen molar-refractivity contribution >= 4 is 28.8 Å². The topological polar surface area (TPSA) is 28.5 Å². The summed E-state index contributed by atoms with van der Waals surface area (Å²) >= 11 is 7.86. The minimum Gasteiger partial charge on any atom is -0.337 e. The van der Waals surface area contributed by atoms with Gasteiger partial charge >= 0.3 is 0 Å². The van der Waals surface area contributed by atoms with Crippen molar-refractivity contribution in [3.8, 4) is 0 Å². The molecule has 4 heterocycles. The first-order chi connectivity index (χ1) is 13.2. The van der Waals surface area contributed by atoms with E-state index in [4.69, 9.17) is 11.6 Å². The normalized spacial score (nSPS) is 22.1. The summed E-state index contributed by atoms with van der Waals surface area (Å²) in [5.74, 6) is 0.138. The number of aromatic nitrogens is 1. The molecule has 27 heavy (non-hydrogen) atoms. The van der Waals surface area contributed by atoms with Crippen molar-refractivity contribution in [3.63, 3.8) is 0 Å². The molecule has 0 spiro atoms. The molecule has 1 saturated heterocycles. The van der Waals surface area contributed by atoms with Crippen LogP contribution in [0.3, 0.4) is 0 Å². The number of carbonyl (C=O) groups is 1. The number of rotatable bonds is 4. The Kier molecular flexibility index (Phi) is 4.31. The molecule has 3 aromatic rings. The fourth-order valence-electron chi connectivity index (χ4n) is 4.37. The first kappa shape index (κ1) is 17.0. The van der Waals surface area contributed by atoms with E-state index in [9.17, 15) is 4.79 Å². The zero-order chi connectivity index (χ0) is 18.4.